The van der Waals surface area contributed by atoms with Crippen molar-refractivity contribution in [3.8, 4) is 0 Å². The van der Waals surface area contributed by atoms with E-state index in [1.807, 2.05) is 6.92 Å². The van der Waals surface area contributed by atoms with E-state index in [-0.39, 0.29) is 18.1 Å². The topological polar surface area (TPSA) is 63.2 Å². The lowest BCUT2D eigenvalue weighted by Crippen LogP contribution is -2.31. The van der Waals surface area contributed by atoms with E-state index in [0.717, 1.165) is 0 Å². The maximum absolute atomic E-state index is 10.8. The number of hydrogen-bond acceptors (Lipinski definition) is 3. The molecule has 0 fully saturated rings. The van der Waals surface area contributed by atoms with Gasteiger partial charge in [0.2, 0.25) is 11.8 Å². The highest BCUT2D eigenvalue weighted by Crippen LogP contribution is 1.87. The Balaban J connectivity index is 3.69. The van der Waals surface area contributed by atoms with Gasteiger partial charge < -0.3 is 0 Å². The van der Waals surface area contributed by atoms with Crippen molar-refractivity contribution in [2.24, 2.45) is 0 Å². The molecule has 0 aliphatic carbocycles. The number of nitrogens with one attached hydrogen (secondary N) is 1. The molecule has 4 nitrogen and oxygen atoms in total. The zero-order valence-corrected chi connectivity index (χ0v) is 7.35. The highest BCUT2D eigenvalue weighted by atomic mass is 16.2. The summed E-state index contributed by atoms with van der Waals surface area (Å²) < 4.78 is 0. The Morgan fingerprint density at radius 1 is 1.17 bits per heavy atom. The third-order valence-electron chi connectivity index (χ3n) is 1.17. The van der Waals surface area contributed by atoms with Gasteiger partial charge in [0.15, 0.2) is 0 Å². The molecule has 0 atom stereocenters. The summed E-state index contributed by atoms with van der Waals surface area (Å²) in [4.78, 5) is 32.0. The predicted octanol–water partition coefficient (Wildman–Crippen LogP) is 0.408. The zero-order chi connectivity index (χ0) is 9.56. The number of imide groups is 1. The lowest BCUT2D eigenvalue weighted by molar-refractivity contribution is -0.132. The summed E-state index contributed by atoms with van der Waals surface area (Å²) in [6.45, 7) is 3.15. The highest BCUT2D eigenvalue weighted by molar-refractivity contribution is 6.03. The van der Waals surface area contributed by atoms with Gasteiger partial charge in [-0.1, -0.05) is 6.92 Å². The Bertz CT molecular complexity index is 198. The van der Waals surface area contributed by atoms with Crippen LogP contribution in [0.5, 0.6) is 0 Å². The van der Waals surface area contributed by atoms with Crippen LogP contribution in [-0.4, -0.2) is 17.6 Å². The van der Waals surface area contributed by atoms with Gasteiger partial charge in [-0.25, -0.2) is 0 Å². The molecule has 0 unspecified atom stereocenters. The van der Waals surface area contributed by atoms with E-state index in [4.69, 9.17) is 0 Å². The van der Waals surface area contributed by atoms with Crippen LogP contribution in [0.3, 0.4) is 0 Å². The summed E-state index contributed by atoms with van der Waals surface area (Å²) >= 11 is 0. The second kappa shape index (κ2) is 5.46. The van der Waals surface area contributed by atoms with Crippen molar-refractivity contribution in [1.29, 1.82) is 0 Å². The lowest BCUT2D eigenvalue weighted by atomic mass is 10.3. The molecule has 0 aliphatic rings. The number of ketones is 1. The lowest BCUT2D eigenvalue weighted by Gasteiger charge is -1.99. The quantitative estimate of drug-likeness (QED) is 0.623. The largest absolute Gasteiger partial charge is 0.299 e. The molecule has 68 valence electrons. The van der Waals surface area contributed by atoms with Gasteiger partial charge in [-0.15, -0.1) is 0 Å². The van der Waals surface area contributed by atoms with E-state index < -0.39 is 5.91 Å². The van der Waals surface area contributed by atoms with Crippen molar-refractivity contribution >= 4 is 17.6 Å². The van der Waals surface area contributed by atoms with Crippen LogP contribution >= 0.6 is 0 Å². The number of carbonyl (C=O) groups excluding carboxylic acids is 3. The molecule has 0 rings (SSSR count). The third kappa shape index (κ3) is 5.58. The predicted molar refractivity (Wildman–Crippen MR) is 43.4 cm³/mol. The molecule has 4 heteroatoms. The Hall–Kier alpha value is -1.19. The summed E-state index contributed by atoms with van der Waals surface area (Å²) in [5.41, 5.74) is 0. The fraction of sp³-hybridized carbons (Fsp3) is 0.625. The highest BCUT2D eigenvalue weighted by Gasteiger charge is 2.08. The first-order valence-corrected chi connectivity index (χ1v) is 3.88. The van der Waals surface area contributed by atoms with E-state index in [1.54, 1.807) is 0 Å². The monoisotopic (exact) mass is 171 g/mol. The normalized spacial score (nSPS) is 9.17. The van der Waals surface area contributed by atoms with Crippen LogP contribution in [0.25, 0.3) is 0 Å². The molecule has 2 amide bonds. The minimum atomic E-state index is -0.513. The SMILES string of the molecule is CCCC(=O)NC(=O)CC(C)=O. The van der Waals surface area contributed by atoms with Crippen molar-refractivity contribution in [3.63, 3.8) is 0 Å². The molecule has 0 bridgehead atoms. The van der Waals surface area contributed by atoms with Crippen molar-refractivity contribution in [3.05, 3.63) is 0 Å². The minimum absolute atomic E-state index is 0.213. The van der Waals surface area contributed by atoms with Gasteiger partial charge in [-0.3, -0.25) is 19.7 Å². The van der Waals surface area contributed by atoms with Crippen molar-refractivity contribution in [2.45, 2.75) is 33.1 Å². The van der Waals surface area contributed by atoms with Gasteiger partial charge >= 0.3 is 0 Å². The Labute approximate surface area is 71.3 Å². The van der Waals surface area contributed by atoms with Crippen LogP contribution in [0.1, 0.15) is 33.1 Å². The van der Waals surface area contributed by atoms with Crippen LogP contribution in [0, 0.1) is 0 Å². The maximum atomic E-state index is 10.8. The summed E-state index contributed by atoms with van der Waals surface area (Å²) in [7, 11) is 0. The van der Waals surface area contributed by atoms with Gasteiger partial charge in [-0.05, 0) is 13.3 Å². The molecule has 0 saturated carbocycles. The number of rotatable bonds is 4. The standard InChI is InChI=1S/C8H13NO3/c1-3-4-7(11)9-8(12)5-6(2)10/h3-5H2,1-2H3,(H,9,11,12). The van der Waals surface area contributed by atoms with Crippen molar-refractivity contribution in [2.75, 3.05) is 0 Å². The van der Waals surface area contributed by atoms with E-state index in [0.29, 0.717) is 12.8 Å². The molecule has 0 aromatic heterocycles. The van der Waals surface area contributed by atoms with E-state index in [9.17, 15) is 14.4 Å². The van der Waals surface area contributed by atoms with Crippen LogP contribution in [0.4, 0.5) is 0 Å². The van der Waals surface area contributed by atoms with Crippen LogP contribution in [-0.2, 0) is 14.4 Å². The Kier molecular flexibility index (Phi) is 4.92. The molecule has 0 radical (unpaired) electrons. The first-order chi connectivity index (χ1) is 5.56. The number of carbonyl (C=O) groups is 3. The molecule has 0 saturated heterocycles. The van der Waals surface area contributed by atoms with E-state index in [2.05, 4.69) is 5.32 Å². The molecular formula is C8H13NO3. The molecule has 0 heterocycles. The fourth-order valence-corrected chi connectivity index (χ4v) is 0.715. The number of amides is 2. The molecular weight excluding hydrogens is 158 g/mol. The van der Waals surface area contributed by atoms with Gasteiger partial charge in [0, 0.05) is 6.42 Å². The second-order valence-electron chi connectivity index (χ2n) is 2.60. The number of hydrogen-bond donors (Lipinski definition) is 1. The molecule has 1 N–H and O–H groups in total. The van der Waals surface area contributed by atoms with Crippen LogP contribution in [0.2, 0.25) is 0 Å². The summed E-state index contributed by atoms with van der Waals surface area (Å²) in [5.74, 6) is -1.07. The first kappa shape index (κ1) is 10.8. The summed E-state index contributed by atoms with van der Waals surface area (Å²) in [6, 6.07) is 0. The van der Waals surface area contributed by atoms with E-state index >= 15 is 0 Å². The smallest absolute Gasteiger partial charge is 0.233 e. The van der Waals surface area contributed by atoms with Crippen molar-refractivity contribution < 1.29 is 14.4 Å². The fourth-order valence-electron chi connectivity index (χ4n) is 0.715. The Morgan fingerprint density at radius 3 is 2.17 bits per heavy atom. The minimum Gasteiger partial charge on any atom is -0.299 e. The maximum Gasteiger partial charge on any atom is 0.233 e. The van der Waals surface area contributed by atoms with Crippen molar-refractivity contribution in [1.82, 2.24) is 5.32 Å². The van der Waals surface area contributed by atoms with Gasteiger partial charge in [-0.2, -0.15) is 0 Å². The molecule has 12 heavy (non-hydrogen) atoms. The van der Waals surface area contributed by atoms with E-state index in [1.165, 1.54) is 6.92 Å². The number of Topliss-reactive ketones (excluding diaryl/α,β-unsaturated/α-hetero) is 1. The molecule has 0 aromatic carbocycles. The van der Waals surface area contributed by atoms with Gasteiger partial charge in [0.1, 0.15) is 5.78 Å². The molecule has 0 aliphatic heterocycles. The average molecular weight is 171 g/mol. The third-order valence-corrected chi connectivity index (χ3v) is 1.17. The average Bonchev–Trinajstić information content (AvgIpc) is 1.84. The van der Waals surface area contributed by atoms with Gasteiger partial charge in [0.25, 0.3) is 0 Å². The first-order valence-electron chi connectivity index (χ1n) is 3.88. The summed E-state index contributed by atoms with van der Waals surface area (Å²) in [5, 5.41) is 2.11. The van der Waals surface area contributed by atoms with Crippen LogP contribution in [0.15, 0.2) is 0 Å². The van der Waals surface area contributed by atoms with Crippen LogP contribution < -0.4 is 5.32 Å². The molecule has 0 aromatic rings. The zero-order valence-electron chi connectivity index (χ0n) is 7.35. The summed E-state index contributed by atoms with van der Waals surface area (Å²) in [6.07, 6.45) is 0.804. The molecule has 0 spiro atoms. The van der Waals surface area contributed by atoms with Gasteiger partial charge in [0.05, 0.1) is 6.42 Å². The Morgan fingerprint density at radius 2 is 1.75 bits per heavy atom. The second-order valence-corrected chi connectivity index (χ2v) is 2.60.